The Morgan fingerprint density at radius 2 is 1.82 bits per heavy atom. The van der Waals surface area contributed by atoms with E-state index in [1.165, 1.54) is 6.07 Å². The first-order valence-corrected chi connectivity index (χ1v) is 17.1. The Bertz CT molecular complexity index is 1860. The molecule has 0 bridgehead atoms. The number of carbonyl (C=O) groups excluding carboxylic acids is 1. The molecule has 258 valence electrons. The van der Waals surface area contributed by atoms with Crippen LogP contribution in [0, 0.1) is 5.92 Å². The fourth-order valence-electron chi connectivity index (χ4n) is 6.97. The smallest absolute Gasteiger partial charge is 0.387 e. The van der Waals surface area contributed by atoms with E-state index in [0.29, 0.717) is 99.8 Å². The number of pyridine rings is 1. The average molecular weight is 712 g/mol. The number of ether oxygens (including phenoxy) is 2. The number of hydrogen-bond acceptors (Lipinski definition) is 8. The van der Waals surface area contributed by atoms with Gasteiger partial charge in [-0.15, -0.1) is 0 Å². The average Bonchev–Trinajstić information content (AvgIpc) is 3.05. The summed E-state index contributed by atoms with van der Waals surface area (Å²) >= 11 is 13.9. The molecule has 3 heterocycles. The third-order valence-electron chi connectivity index (χ3n) is 9.20. The summed E-state index contributed by atoms with van der Waals surface area (Å²) in [5.74, 6) is 0.331. The minimum absolute atomic E-state index is 0.00751. The van der Waals surface area contributed by atoms with Crippen molar-refractivity contribution in [3.05, 3.63) is 86.9 Å². The van der Waals surface area contributed by atoms with Gasteiger partial charge in [0.1, 0.15) is 17.1 Å². The Hall–Kier alpha value is -3.70. The monoisotopic (exact) mass is 710 g/mol. The van der Waals surface area contributed by atoms with E-state index in [2.05, 4.69) is 21.8 Å². The lowest BCUT2D eigenvalue weighted by molar-refractivity contribution is -0.0569. The number of nitrogens with zero attached hydrogens (tertiary/aromatic N) is 4. The van der Waals surface area contributed by atoms with Gasteiger partial charge in [-0.3, -0.25) is 14.7 Å². The molecule has 1 fully saturated rings. The lowest BCUT2D eigenvalue weighted by atomic mass is 9.70. The van der Waals surface area contributed by atoms with Gasteiger partial charge < -0.3 is 14.6 Å². The maximum atomic E-state index is 13.6. The molecule has 0 spiro atoms. The van der Waals surface area contributed by atoms with E-state index in [1.54, 1.807) is 25.4 Å². The van der Waals surface area contributed by atoms with Crippen LogP contribution < -0.4 is 9.47 Å². The number of carbonyl (C=O) groups is 1. The molecule has 1 aliphatic heterocycles. The predicted octanol–water partition coefficient (Wildman–Crippen LogP) is 8.02. The summed E-state index contributed by atoms with van der Waals surface area (Å²) in [4.78, 5) is 29.8. The summed E-state index contributed by atoms with van der Waals surface area (Å²) in [7, 11) is 1.55. The number of fused-ring (bicyclic) bond motifs is 1. The van der Waals surface area contributed by atoms with Crippen molar-refractivity contribution in [1.82, 2.24) is 19.9 Å². The highest BCUT2D eigenvalue weighted by molar-refractivity contribution is 6.38. The fourth-order valence-corrected chi connectivity index (χ4v) is 7.59. The van der Waals surface area contributed by atoms with E-state index in [0.717, 1.165) is 18.7 Å². The van der Waals surface area contributed by atoms with Crippen LogP contribution in [0.3, 0.4) is 0 Å². The van der Waals surface area contributed by atoms with Gasteiger partial charge in [0, 0.05) is 47.8 Å². The number of methoxy groups -OCH3 is 1. The molecule has 2 aromatic carbocycles. The van der Waals surface area contributed by atoms with Crippen molar-refractivity contribution in [2.75, 3.05) is 20.2 Å². The molecule has 1 aliphatic carbocycles. The molecule has 0 radical (unpaired) electrons. The molecule has 0 saturated heterocycles. The van der Waals surface area contributed by atoms with E-state index in [-0.39, 0.29) is 23.6 Å². The number of ketones is 1. The Morgan fingerprint density at radius 1 is 1.10 bits per heavy atom. The highest BCUT2D eigenvalue weighted by Crippen LogP contribution is 2.42. The number of hydrogen-bond donors (Lipinski definition) is 1. The fraction of sp³-hybridized carbons (Fsp3) is 0.405. The minimum atomic E-state index is -3.02. The quantitative estimate of drug-likeness (QED) is 0.148. The molecule has 1 N–H and O–H groups in total. The van der Waals surface area contributed by atoms with Crippen LogP contribution in [0.4, 0.5) is 8.78 Å². The summed E-state index contributed by atoms with van der Waals surface area (Å²) in [5.41, 5.74) is 4.27. The molecule has 0 unspecified atom stereocenters. The Kier molecular flexibility index (Phi) is 10.5. The van der Waals surface area contributed by atoms with Crippen molar-refractivity contribution in [3.8, 4) is 34.0 Å². The molecule has 1 saturated carbocycles. The molecule has 4 aromatic rings. The zero-order chi connectivity index (χ0) is 34.9. The number of benzene rings is 2. The van der Waals surface area contributed by atoms with Crippen molar-refractivity contribution in [2.24, 2.45) is 5.92 Å². The van der Waals surface area contributed by atoms with Gasteiger partial charge in [0.25, 0.3) is 0 Å². The molecular formula is C37H38Cl2F2N4O4. The lowest BCUT2D eigenvalue weighted by Gasteiger charge is -2.40. The first-order valence-electron chi connectivity index (χ1n) is 16.4. The van der Waals surface area contributed by atoms with Crippen molar-refractivity contribution in [3.63, 3.8) is 0 Å². The van der Waals surface area contributed by atoms with Crippen LogP contribution in [0.2, 0.25) is 10.0 Å². The lowest BCUT2D eigenvalue weighted by Crippen LogP contribution is -2.41. The number of Topliss-reactive ketones (excluding diaryl/α,β-unsaturated/α-hetero) is 1. The maximum Gasteiger partial charge on any atom is 0.387 e. The van der Waals surface area contributed by atoms with E-state index in [1.807, 2.05) is 31.2 Å². The van der Waals surface area contributed by atoms with Crippen LogP contribution in [0.25, 0.3) is 22.4 Å². The molecule has 0 amide bonds. The standard InChI is InChI=1S/C37H38Cl2F2N4O4/c1-4-12-45-13-11-25-30(20-45)43-27(16-32(25)49-36(40)41)31(46)15-22-7-5-8-23(33(22)38)24-9-6-10-26(34(24)39)29-19-42-28(35(44-29)48-3)14-21-17-37(2,47)18-21/h5-10,16,19,21,36,47H,4,11-15,17-18,20H2,1-3H3. The van der Waals surface area contributed by atoms with Crippen molar-refractivity contribution >= 4 is 29.0 Å². The van der Waals surface area contributed by atoms with Gasteiger partial charge in [0.05, 0.1) is 40.3 Å². The van der Waals surface area contributed by atoms with Crippen LogP contribution in [0.15, 0.2) is 48.7 Å². The summed E-state index contributed by atoms with van der Waals surface area (Å²) < 4.78 is 37.1. The van der Waals surface area contributed by atoms with Crippen LogP contribution in [-0.4, -0.2) is 63.2 Å². The summed E-state index contributed by atoms with van der Waals surface area (Å²) in [6.07, 6.45) is 5.07. The van der Waals surface area contributed by atoms with Gasteiger partial charge in [-0.1, -0.05) is 66.5 Å². The van der Waals surface area contributed by atoms with Crippen LogP contribution >= 0.6 is 23.2 Å². The van der Waals surface area contributed by atoms with E-state index in [4.69, 9.17) is 37.7 Å². The van der Waals surface area contributed by atoms with Crippen LogP contribution in [-0.2, 0) is 25.8 Å². The van der Waals surface area contributed by atoms with Crippen LogP contribution in [0.5, 0.6) is 11.6 Å². The number of aromatic nitrogens is 3. The first-order chi connectivity index (χ1) is 23.5. The molecule has 6 rings (SSSR count). The summed E-state index contributed by atoms with van der Waals surface area (Å²) in [6.45, 7) is 2.89. The van der Waals surface area contributed by atoms with Gasteiger partial charge in [0.2, 0.25) is 5.88 Å². The summed E-state index contributed by atoms with van der Waals surface area (Å²) in [6, 6.07) is 12.2. The van der Waals surface area contributed by atoms with Crippen molar-refractivity contribution < 1.29 is 28.2 Å². The third kappa shape index (κ3) is 7.72. The zero-order valence-corrected chi connectivity index (χ0v) is 29.1. The van der Waals surface area contributed by atoms with Gasteiger partial charge in [-0.2, -0.15) is 8.78 Å². The molecular weight excluding hydrogens is 673 g/mol. The highest BCUT2D eigenvalue weighted by Gasteiger charge is 2.39. The predicted molar refractivity (Wildman–Crippen MR) is 185 cm³/mol. The maximum absolute atomic E-state index is 13.6. The topological polar surface area (TPSA) is 97.7 Å². The van der Waals surface area contributed by atoms with Crippen molar-refractivity contribution in [1.29, 1.82) is 0 Å². The van der Waals surface area contributed by atoms with E-state index >= 15 is 0 Å². The zero-order valence-electron chi connectivity index (χ0n) is 27.6. The Morgan fingerprint density at radius 3 is 2.51 bits per heavy atom. The normalized spacial score (nSPS) is 19.0. The number of rotatable bonds is 12. The van der Waals surface area contributed by atoms with E-state index in [9.17, 15) is 18.7 Å². The molecule has 8 nitrogen and oxygen atoms in total. The Labute approximate surface area is 294 Å². The molecule has 2 aliphatic rings. The molecule has 12 heteroatoms. The first kappa shape index (κ1) is 35.1. The number of alkyl halides is 2. The number of aliphatic hydroxyl groups is 1. The Balaban J connectivity index is 1.26. The van der Waals surface area contributed by atoms with Gasteiger partial charge >= 0.3 is 6.61 Å². The second-order valence-corrected chi connectivity index (χ2v) is 13.8. The largest absolute Gasteiger partial charge is 0.480 e. The second kappa shape index (κ2) is 14.6. The van der Waals surface area contributed by atoms with Gasteiger partial charge in [-0.05, 0) is 57.1 Å². The van der Waals surface area contributed by atoms with Gasteiger partial charge in [-0.25, -0.2) is 9.97 Å². The van der Waals surface area contributed by atoms with E-state index < -0.39 is 12.2 Å². The van der Waals surface area contributed by atoms with Crippen molar-refractivity contribution in [2.45, 2.75) is 71.1 Å². The molecule has 2 aromatic heterocycles. The second-order valence-electron chi connectivity index (χ2n) is 13.1. The SMILES string of the molecule is CCCN1CCc2c(OC(F)F)cc(C(=O)Cc3cccc(-c4cccc(-c5cnc(CC6CC(C)(O)C6)c(OC)n5)c4Cl)c3Cl)nc2C1. The molecule has 0 atom stereocenters. The number of halogens is 4. The van der Waals surface area contributed by atoms with Crippen LogP contribution in [0.1, 0.15) is 66.1 Å². The van der Waals surface area contributed by atoms with Gasteiger partial charge in [0.15, 0.2) is 5.78 Å². The minimum Gasteiger partial charge on any atom is -0.480 e. The molecule has 49 heavy (non-hydrogen) atoms. The third-order valence-corrected chi connectivity index (χ3v) is 10.1. The highest BCUT2D eigenvalue weighted by atomic mass is 35.5. The summed E-state index contributed by atoms with van der Waals surface area (Å²) in [5, 5.41) is 10.9.